The summed E-state index contributed by atoms with van der Waals surface area (Å²) in [5.41, 5.74) is 1.04. The Hall–Kier alpha value is -1.07. The highest BCUT2D eigenvalue weighted by molar-refractivity contribution is 7.89. The zero-order valence-electron chi connectivity index (χ0n) is 13.1. The second kappa shape index (κ2) is 6.36. The van der Waals surface area contributed by atoms with Gasteiger partial charge in [-0.05, 0) is 42.7 Å². The lowest BCUT2D eigenvalue weighted by atomic mass is 9.92. The molecule has 2 rings (SSSR count). The van der Waals surface area contributed by atoms with E-state index in [1.54, 1.807) is 12.1 Å². The second-order valence-electron chi connectivity index (χ2n) is 6.26. The smallest absolute Gasteiger partial charge is 0.242 e. The summed E-state index contributed by atoms with van der Waals surface area (Å²) in [6.07, 6.45) is 3.23. The Morgan fingerprint density at radius 1 is 1.24 bits per heavy atom. The van der Waals surface area contributed by atoms with Crippen molar-refractivity contribution in [2.75, 3.05) is 18.4 Å². The maximum absolute atomic E-state index is 12.3. The first-order valence-electron chi connectivity index (χ1n) is 7.74. The molecule has 4 nitrogen and oxygen atoms in total. The topological polar surface area (TPSA) is 58.2 Å². The van der Waals surface area contributed by atoms with Gasteiger partial charge >= 0.3 is 0 Å². The predicted molar refractivity (Wildman–Crippen MR) is 86.9 cm³/mol. The number of sulfonamides is 1. The van der Waals surface area contributed by atoms with Gasteiger partial charge in [0.05, 0.1) is 5.69 Å². The van der Waals surface area contributed by atoms with Crippen molar-refractivity contribution in [1.29, 1.82) is 0 Å². The van der Waals surface area contributed by atoms with Crippen LogP contribution in [0.5, 0.6) is 0 Å². The van der Waals surface area contributed by atoms with Crippen molar-refractivity contribution < 1.29 is 8.42 Å². The molecule has 5 heteroatoms. The van der Waals surface area contributed by atoms with Crippen molar-refractivity contribution >= 4 is 15.7 Å². The summed E-state index contributed by atoms with van der Waals surface area (Å²) in [5.74, 6) is 0.618. The highest BCUT2D eigenvalue weighted by Crippen LogP contribution is 2.51. The number of anilines is 1. The first-order valence-corrected chi connectivity index (χ1v) is 9.22. The van der Waals surface area contributed by atoms with Crippen molar-refractivity contribution in [3.05, 3.63) is 24.3 Å². The van der Waals surface area contributed by atoms with E-state index in [0.29, 0.717) is 28.5 Å². The molecule has 0 bridgehead atoms. The minimum absolute atomic E-state index is 0.341. The van der Waals surface area contributed by atoms with Crippen molar-refractivity contribution in [1.82, 2.24) is 4.72 Å². The van der Waals surface area contributed by atoms with E-state index in [0.717, 1.165) is 13.0 Å². The SMILES string of the molecule is CCCNS(=O)(=O)c1ccccc1NCC1(C(C)C)CC1. The van der Waals surface area contributed by atoms with Gasteiger partial charge in [0, 0.05) is 13.1 Å². The molecule has 0 atom stereocenters. The van der Waals surface area contributed by atoms with Crippen LogP contribution in [0, 0.1) is 11.3 Å². The predicted octanol–water partition coefficient (Wildman–Crippen LogP) is 3.22. The normalized spacial score (nSPS) is 17.0. The zero-order chi connectivity index (χ0) is 15.5. The molecule has 1 fully saturated rings. The van der Waals surface area contributed by atoms with E-state index in [1.807, 2.05) is 19.1 Å². The van der Waals surface area contributed by atoms with Crippen LogP contribution in [0.4, 0.5) is 5.69 Å². The zero-order valence-corrected chi connectivity index (χ0v) is 14.0. The monoisotopic (exact) mass is 310 g/mol. The number of benzene rings is 1. The quantitative estimate of drug-likeness (QED) is 0.775. The average Bonchev–Trinajstić information content (AvgIpc) is 3.24. The van der Waals surface area contributed by atoms with Crippen molar-refractivity contribution in [2.24, 2.45) is 11.3 Å². The lowest BCUT2D eigenvalue weighted by Gasteiger charge is -2.22. The Bertz CT molecular complexity index is 578. The summed E-state index contributed by atoms with van der Waals surface area (Å²) < 4.78 is 27.3. The van der Waals surface area contributed by atoms with Crippen LogP contribution in [-0.4, -0.2) is 21.5 Å². The first-order chi connectivity index (χ1) is 9.91. The van der Waals surface area contributed by atoms with Crippen LogP contribution in [0.15, 0.2) is 29.2 Å². The van der Waals surface area contributed by atoms with Crippen molar-refractivity contribution in [3.8, 4) is 0 Å². The Balaban J connectivity index is 2.14. The highest BCUT2D eigenvalue weighted by Gasteiger charge is 2.45. The molecule has 0 spiro atoms. The fraction of sp³-hybridized carbons (Fsp3) is 0.625. The number of hydrogen-bond donors (Lipinski definition) is 2. The van der Waals surface area contributed by atoms with Gasteiger partial charge in [-0.25, -0.2) is 13.1 Å². The molecule has 1 aromatic carbocycles. The Labute approximate surface area is 128 Å². The highest BCUT2D eigenvalue weighted by atomic mass is 32.2. The first kappa shape index (κ1) is 16.3. The molecule has 0 amide bonds. The molecule has 1 aliphatic rings. The summed E-state index contributed by atoms with van der Waals surface area (Å²) in [5, 5.41) is 3.36. The molecule has 1 saturated carbocycles. The average molecular weight is 310 g/mol. The molecule has 21 heavy (non-hydrogen) atoms. The van der Waals surface area contributed by atoms with E-state index < -0.39 is 10.0 Å². The Kier molecular flexibility index (Phi) is 4.94. The third-order valence-corrected chi connectivity index (χ3v) is 5.99. The van der Waals surface area contributed by atoms with Gasteiger partial charge in [-0.3, -0.25) is 0 Å². The van der Waals surface area contributed by atoms with Crippen LogP contribution in [-0.2, 0) is 10.0 Å². The summed E-state index contributed by atoms with van der Waals surface area (Å²) in [4.78, 5) is 0.345. The number of nitrogens with one attached hydrogen (secondary N) is 2. The van der Waals surface area contributed by atoms with Gasteiger partial charge in [-0.1, -0.05) is 32.9 Å². The Morgan fingerprint density at radius 2 is 1.90 bits per heavy atom. The number of rotatable bonds is 8. The van der Waals surface area contributed by atoms with Crippen molar-refractivity contribution in [3.63, 3.8) is 0 Å². The lowest BCUT2D eigenvalue weighted by molar-refractivity contribution is 0.380. The van der Waals surface area contributed by atoms with E-state index in [-0.39, 0.29) is 0 Å². The molecule has 1 aromatic rings. The van der Waals surface area contributed by atoms with Gasteiger partial charge in [0.25, 0.3) is 0 Å². The summed E-state index contributed by atoms with van der Waals surface area (Å²) >= 11 is 0. The van der Waals surface area contributed by atoms with Gasteiger partial charge < -0.3 is 5.32 Å². The van der Waals surface area contributed by atoms with Crippen LogP contribution >= 0.6 is 0 Å². The van der Waals surface area contributed by atoms with Gasteiger partial charge in [0.2, 0.25) is 10.0 Å². The lowest BCUT2D eigenvalue weighted by Crippen LogP contribution is -2.26. The molecular weight excluding hydrogens is 284 g/mol. The number of para-hydroxylation sites is 1. The van der Waals surface area contributed by atoms with Crippen LogP contribution in [0.2, 0.25) is 0 Å². The molecule has 2 N–H and O–H groups in total. The fourth-order valence-corrected chi connectivity index (χ4v) is 3.87. The molecule has 0 unspecified atom stereocenters. The van der Waals surface area contributed by atoms with Crippen LogP contribution < -0.4 is 10.0 Å². The molecule has 0 aromatic heterocycles. The van der Waals surface area contributed by atoms with E-state index in [4.69, 9.17) is 0 Å². The van der Waals surface area contributed by atoms with E-state index >= 15 is 0 Å². The standard InChI is InChI=1S/C16H26N2O2S/c1-4-11-18-21(19,20)15-8-6-5-7-14(15)17-12-16(9-10-16)13(2)3/h5-8,13,17-18H,4,9-12H2,1-3H3. The Morgan fingerprint density at radius 3 is 2.48 bits per heavy atom. The second-order valence-corrected chi connectivity index (χ2v) is 8.00. The third kappa shape index (κ3) is 3.77. The summed E-state index contributed by atoms with van der Waals surface area (Å²) in [7, 11) is -3.43. The van der Waals surface area contributed by atoms with Gasteiger partial charge in [-0.15, -0.1) is 0 Å². The fourth-order valence-electron chi connectivity index (χ4n) is 2.55. The van der Waals surface area contributed by atoms with E-state index in [1.165, 1.54) is 12.8 Å². The van der Waals surface area contributed by atoms with E-state index in [9.17, 15) is 8.42 Å². The minimum atomic E-state index is -3.43. The molecule has 0 radical (unpaired) electrons. The maximum atomic E-state index is 12.3. The van der Waals surface area contributed by atoms with E-state index in [2.05, 4.69) is 23.9 Å². The van der Waals surface area contributed by atoms with Crippen LogP contribution in [0.3, 0.4) is 0 Å². The molecule has 0 aliphatic heterocycles. The number of hydrogen-bond acceptors (Lipinski definition) is 3. The van der Waals surface area contributed by atoms with Crippen LogP contribution in [0.1, 0.15) is 40.0 Å². The van der Waals surface area contributed by atoms with Gasteiger partial charge in [0.15, 0.2) is 0 Å². The third-order valence-electron chi connectivity index (χ3n) is 4.47. The molecular formula is C16H26N2O2S. The van der Waals surface area contributed by atoms with Crippen LogP contribution in [0.25, 0.3) is 0 Å². The summed E-state index contributed by atoms with van der Waals surface area (Å²) in [6.45, 7) is 7.73. The minimum Gasteiger partial charge on any atom is -0.383 e. The molecule has 118 valence electrons. The largest absolute Gasteiger partial charge is 0.383 e. The molecule has 0 saturated heterocycles. The maximum Gasteiger partial charge on any atom is 0.242 e. The van der Waals surface area contributed by atoms with Crippen molar-refractivity contribution in [2.45, 2.75) is 44.9 Å². The molecule has 1 aliphatic carbocycles. The van der Waals surface area contributed by atoms with Gasteiger partial charge in [-0.2, -0.15) is 0 Å². The summed E-state index contributed by atoms with van der Waals surface area (Å²) in [6, 6.07) is 7.14. The van der Waals surface area contributed by atoms with Gasteiger partial charge in [0.1, 0.15) is 4.90 Å². The molecule has 0 heterocycles.